The summed E-state index contributed by atoms with van der Waals surface area (Å²) in [6.07, 6.45) is 0. The van der Waals surface area contributed by atoms with E-state index >= 15 is 0 Å². The van der Waals surface area contributed by atoms with Crippen LogP contribution in [-0.4, -0.2) is 44.3 Å². The van der Waals surface area contributed by atoms with Gasteiger partial charge in [0.15, 0.2) is 28.4 Å². The third-order valence-corrected chi connectivity index (χ3v) is 8.24. The highest BCUT2D eigenvalue weighted by Crippen LogP contribution is 2.37. The van der Waals surface area contributed by atoms with Crippen molar-refractivity contribution in [3.05, 3.63) is 92.7 Å². The minimum atomic E-state index is -2.20. The van der Waals surface area contributed by atoms with E-state index in [9.17, 15) is 26.7 Å². The van der Waals surface area contributed by atoms with Crippen LogP contribution in [0.3, 0.4) is 0 Å². The Morgan fingerprint density at radius 3 is 2.14 bits per heavy atom. The van der Waals surface area contributed by atoms with E-state index in [0.717, 1.165) is 15.7 Å². The molecule has 6 nitrogen and oxygen atoms in total. The molecule has 0 saturated carbocycles. The Morgan fingerprint density at radius 1 is 0.907 bits per heavy atom. The first kappa shape index (κ1) is 30.8. The quantitative estimate of drug-likeness (QED) is 0.0980. The molecule has 1 aliphatic rings. The average molecular weight is 700 g/mol. The molecule has 4 aromatic rings. The Kier molecular flexibility index (Phi) is 8.95. The van der Waals surface area contributed by atoms with Gasteiger partial charge in [-0.2, -0.15) is 0 Å². The van der Waals surface area contributed by atoms with E-state index in [1.807, 2.05) is 29.2 Å². The van der Waals surface area contributed by atoms with Crippen LogP contribution in [0.5, 0.6) is 5.75 Å². The molecule has 0 unspecified atom stereocenters. The maximum absolute atomic E-state index is 14.3. The summed E-state index contributed by atoms with van der Waals surface area (Å²) in [5, 5.41) is 7.57. The van der Waals surface area contributed by atoms with Crippen LogP contribution in [0.15, 0.2) is 53.0 Å². The molecule has 5 rings (SSSR count). The summed E-state index contributed by atoms with van der Waals surface area (Å²) in [6.45, 7) is 0.367. The molecule has 1 fully saturated rings. The third-order valence-electron chi connectivity index (χ3n) is 6.95. The number of methoxy groups -OCH3 is 1. The molecule has 0 atom stereocenters. The predicted molar refractivity (Wildman–Crippen MR) is 164 cm³/mol. The number of ether oxygens (including phenoxy) is 1. The van der Waals surface area contributed by atoms with Gasteiger partial charge in [-0.05, 0) is 63.2 Å². The largest absolute Gasteiger partial charge is 0.495 e. The summed E-state index contributed by atoms with van der Waals surface area (Å²) in [5.74, 6) is -10.0. The lowest BCUT2D eigenvalue weighted by atomic mass is 10.1. The number of thiocarbonyl (C=S) groups is 1. The molecule has 1 aliphatic heterocycles. The van der Waals surface area contributed by atoms with E-state index in [1.54, 1.807) is 24.3 Å². The number of carbonyl (C=O) groups is 1. The standard InChI is InChI=1S/C29H21BrClF5N4O2S/c1-42-27-17(12-14-4-2-3-5-16(14)20(27)30)28(41)38-29(43)37-15-6-7-19(18(31)13-15)39-8-10-40(11-9-39)26-24(35)22(33)21(32)23(34)25(26)36/h2-7,12-13H,8-11H2,1H3,(H2,37,38,41,43). The maximum atomic E-state index is 14.3. The van der Waals surface area contributed by atoms with Crippen molar-refractivity contribution >= 4 is 78.6 Å². The van der Waals surface area contributed by atoms with Crippen LogP contribution >= 0.6 is 39.7 Å². The minimum Gasteiger partial charge on any atom is -0.495 e. The fraction of sp³-hybridized carbons (Fsp3) is 0.172. The number of hydrogen-bond acceptors (Lipinski definition) is 5. The Bertz CT molecular complexity index is 1740. The van der Waals surface area contributed by atoms with Crippen LogP contribution in [0.4, 0.5) is 39.0 Å². The van der Waals surface area contributed by atoms with Crippen molar-refractivity contribution in [3.63, 3.8) is 0 Å². The van der Waals surface area contributed by atoms with Gasteiger partial charge < -0.3 is 19.9 Å². The van der Waals surface area contributed by atoms with Crippen molar-refractivity contribution in [1.82, 2.24) is 5.32 Å². The van der Waals surface area contributed by atoms with Crippen molar-refractivity contribution in [2.24, 2.45) is 0 Å². The van der Waals surface area contributed by atoms with Gasteiger partial charge in [-0.25, -0.2) is 22.0 Å². The lowest BCUT2D eigenvalue weighted by molar-refractivity contribution is 0.0975. The lowest BCUT2D eigenvalue weighted by Gasteiger charge is -2.38. The molecule has 0 aliphatic carbocycles. The van der Waals surface area contributed by atoms with E-state index in [2.05, 4.69) is 26.6 Å². The Labute approximate surface area is 261 Å². The van der Waals surface area contributed by atoms with Gasteiger partial charge in [-0.15, -0.1) is 0 Å². The zero-order valence-electron chi connectivity index (χ0n) is 22.2. The number of carbonyl (C=O) groups excluding carboxylic acids is 1. The van der Waals surface area contributed by atoms with Gasteiger partial charge >= 0.3 is 0 Å². The zero-order valence-corrected chi connectivity index (χ0v) is 25.4. The van der Waals surface area contributed by atoms with Crippen LogP contribution in [0.25, 0.3) is 10.8 Å². The Hall–Kier alpha value is -3.68. The Morgan fingerprint density at radius 2 is 1.51 bits per heavy atom. The van der Waals surface area contributed by atoms with E-state index < -0.39 is 40.7 Å². The van der Waals surface area contributed by atoms with E-state index in [1.165, 1.54) is 7.11 Å². The molecule has 14 heteroatoms. The predicted octanol–water partition coefficient (Wildman–Crippen LogP) is 7.41. The van der Waals surface area contributed by atoms with Crippen LogP contribution < -0.4 is 25.2 Å². The molecule has 4 aromatic carbocycles. The molecular formula is C29H21BrClF5N4O2S. The molecule has 0 radical (unpaired) electrons. The number of rotatable bonds is 5. The molecule has 1 amide bonds. The summed E-state index contributed by atoms with van der Waals surface area (Å²) in [5.41, 5.74) is 0.386. The number of amides is 1. The summed E-state index contributed by atoms with van der Waals surface area (Å²) in [6, 6.07) is 14.1. The molecule has 224 valence electrons. The summed E-state index contributed by atoms with van der Waals surface area (Å²) in [7, 11) is 1.46. The summed E-state index contributed by atoms with van der Waals surface area (Å²) < 4.78 is 75.4. The van der Waals surface area contributed by atoms with Gasteiger partial charge in [-0.1, -0.05) is 35.9 Å². The first-order valence-corrected chi connectivity index (χ1v) is 14.3. The second kappa shape index (κ2) is 12.5. The molecule has 0 aromatic heterocycles. The fourth-order valence-electron chi connectivity index (χ4n) is 4.87. The normalized spacial score (nSPS) is 13.3. The van der Waals surface area contributed by atoms with Crippen LogP contribution in [0.2, 0.25) is 5.02 Å². The molecule has 1 saturated heterocycles. The number of hydrogen-bond donors (Lipinski definition) is 2. The molecule has 1 heterocycles. The number of nitrogens with one attached hydrogen (secondary N) is 2. The smallest absolute Gasteiger partial charge is 0.261 e. The van der Waals surface area contributed by atoms with Gasteiger partial charge in [0.05, 0.1) is 27.9 Å². The van der Waals surface area contributed by atoms with E-state index in [-0.39, 0.29) is 36.9 Å². The third kappa shape index (κ3) is 5.93. The molecule has 2 N–H and O–H groups in total. The lowest BCUT2D eigenvalue weighted by Crippen LogP contribution is -2.47. The van der Waals surface area contributed by atoms with Crippen LogP contribution in [0.1, 0.15) is 10.4 Å². The molecule has 0 spiro atoms. The molecule has 43 heavy (non-hydrogen) atoms. The fourth-order valence-corrected chi connectivity index (χ4v) is 6.12. The summed E-state index contributed by atoms with van der Waals surface area (Å²) in [4.78, 5) is 16.0. The first-order chi connectivity index (χ1) is 20.5. The number of fused-ring (bicyclic) bond motifs is 1. The number of halogens is 7. The summed E-state index contributed by atoms with van der Waals surface area (Å²) >= 11 is 15.4. The van der Waals surface area contributed by atoms with Crippen LogP contribution in [0, 0.1) is 29.1 Å². The van der Waals surface area contributed by atoms with Gasteiger partial charge in [0.1, 0.15) is 11.4 Å². The van der Waals surface area contributed by atoms with Gasteiger partial charge in [0.25, 0.3) is 5.91 Å². The number of benzene rings is 4. The highest BCUT2D eigenvalue weighted by Gasteiger charge is 2.31. The average Bonchev–Trinajstić information content (AvgIpc) is 2.99. The van der Waals surface area contributed by atoms with Gasteiger partial charge in [0, 0.05) is 31.9 Å². The highest BCUT2D eigenvalue weighted by atomic mass is 79.9. The first-order valence-electron chi connectivity index (χ1n) is 12.7. The van der Waals surface area contributed by atoms with E-state index in [4.69, 9.17) is 28.6 Å². The van der Waals surface area contributed by atoms with Gasteiger partial charge in [-0.3, -0.25) is 10.1 Å². The SMILES string of the molecule is COc1c(C(=O)NC(=S)Nc2ccc(N3CCN(c4c(F)c(F)c(F)c(F)c4F)CC3)c(Cl)c2)cc2ccccc2c1Br. The maximum Gasteiger partial charge on any atom is 0.261 e. The number of anilines is 3. The van der Waals surface area contributed by atoms with Crippen LogP contribution in [-0.2, 0) is 0 Å². The van der Waals surface area contributed by atoms with E-state index in [0.29, 0.717) is 26.6 Å². The van der Waals surface area contributed by atoms with Crippen molar-refractivity contribution in [3.8, 4) is 5.75 Å². The molecular weight excluding hydrogens is 679 g/mol. The van der Waals surface area contributed by atoms with Crippen molar-refractivity contribution in [2.45, 2.75) is 0 Å². The number of piperazine rings is 1. The monoisotopic (exact) mass is 698 g/mol. The highest BCUT2D eigenvalue weighted by molar-refractivity contribution is 9.10. The van der Waals surface area contributed by atoms with Crippen molar-refractivity contribution < 1.29 is 31.5 Å². The minimum absolute atomic E-state index is 0.0107. The zero-order chi connectivity index (χ0) is 31.0. The Balaban J connectivity index is 1.24. The van der Waals surface area contributed by atoms with Gasteiger partial charge in [0.2, 0.25) is 5.82 Å². The second-order valence-electron chi connectivity index (χ2n) is 9.46. The number of nitrogens with zero attached hydrogens (tertiary/aromatic N) is 2. The van der Waals surface area contributed by atoms with Crippen molar-refractivity contribution in [1.29, 1.82) is 0 Å². The molecule has 0 bridgehead atoms. The second-order valence-corrected chi connectivity index (χ2v) is 11.1. The van der Waals surface area contributed by atoms with Crippen molar-refractivity contribution in [2.75, 3.05) is 48.4 Å². The topological polar surface area (TPSA) is 56.8 Å².